The average Bonchev–Trinajstić information content (AvgIpc) is 2.98. The van der Waals surface area contributed by atoms with Crippen molar-refractivity contribution in [1.82, 2.24) is 14.9 Å². The number of carbonyl (C=O) groups is 3. The number of halogens is 3. The lowest BCUT2D eigenvalue weighted by Crippen LogP contribution is -2.48. The fourth-order valence-electron chi connectivity index (χ4n) is 4.75. The van der Waals surface area contributed by atoms with Gasteiger partial charge in [-0.3, -0.25) is 0 Å². The maximum absolute atomic E-state index is 14.9. The molecule has 0 saturated carbocycles. The predicted octanol–water partition coefficient (Wildman–Crippen LogP) is 7.69. The Kier molecular flexibility index (Phi) is 10.7. The van der Waals surface area contributed by atoms with E-state index in [0.717, 1.165) is 12.1 Å². The number of ether oxygens (including phenoxy) is 3. The second-order valence-corrected chi connectivity index (χ2v) is 13.4. The summed E-state index contributed by atoms with van der Waals surface area (Å²) in [4.78, 5) is 51.0. The van der Waals surface area contributed by atoms with Gasteiger partial charge in [0.05, 0.1) is 5.02 Å². The lowest BCUT2D eigenvalue weighted by Gasteiger charge is -2.33. The lowest BCUT2D eigenvalue weighted by atomic mass is 10.1. The molecule has 48 heavy (non-hydrogen) atoms. The van der Waals surface area contributed by atoms with Gasteiger partial charge in [0.1, 0.15) is 34.8 Å². The molecule has 1 aliphatic heterocycles. The summed E-state index contributed by atoms with van der Waals surface area (Å²) in [7, 11) is 0. The zero-order valence-corrected chi connectivity index (χ0v) is 28.5. The van der Waals surface area contributed by atoms with Crippen molar-refractivity contribution in [1.29, 1.82) is 0 Å². The zero-order valence-electron chi connectivity index (χ0n) is 27.7. The number of hydrogen-bond acceptors (Lipinski definition) is 9. The molecule has 0 radical (unpaired) electrons. The van der Waals surface area contributed by atoms with E-state index in [2.05, 4.69) is 9.97 Å². The number of carbonyl (C=O) groups excluding carboxylic acids is 2. The Morgan fingerprint density at radius 2 is 1.44 bits per heavy atom. The third-order valence-electron chi connectivity index (χ3n) is 6.94. The molecule has 4 rings (SSSR count). The predicted molar refractivity (Wildman–Crippen MR) is 175 cm³/mol. The summed E-state index contributed by atoms with van der Waals surface area (Å²) in [5.41, 5.74) is -1.32. The van der Waals surface area contributed by atoms with Gasteiger partial charge in [-0.2, -0.15) is 4.90 Å². The minimum atomic E-state index is -1.23. The fourth-order valence-corrected chi connectivity index (χ4v) is 5.05. The third kappa shape index (κ3) is 8.79. The number of piperazine rings is 1. The van der Waals surface area contributed by atoms with E-state index in [-0.39, 0.29) is 17.1 Å². The number of anilines is 2. The van der Waals surface area contributed by atoms with E-state index in [9.17, 15) is 28.3 Å². The average molecular weight is 690 g/mol. The van der Waals surface area contributed by atoms with Gasteiger partial charge >= 0.3 is 18.3 Å². The molecule has 1 aromatic carbocycles. The number of benzene rings is 1. The molecule has 2 aromatic heterocycles. The fraction of sp³-hybridized carbons (Fsp3) is 0.424. The Bertz CT molecular complexity index is 1640. The number of amides is 3. The molecule has 1 aliphatic rings. The second-order valence-electron chi connectivity index (χ2n) is 13.0. The van der Waals surface area contributed by atoms with Gasteiger partial charge in [-0.1, -0.05) is 11.6 Å². The molecule has 1 unspecified atom stereocenters. The third-order valence-corrected chi connectivity index (χ3v) is 7.33. The molecule has 3 amide bonds. The van der Waals surface area contributed by atoms with E-state index in [1.807, 2.05) is 4.90 Å². The molecular weight excluding hydrogens is 652 g/mol. The smallest absolute Gasteiger partial charge is 0.425 e. The number of rotatable bonds is 6. The van der Waals surface area contributed by atoms with Crippen molar-refractivity contribution in [2.24, 2.45) is 0 Å². The van der Waals surface area contributed by atoms with Gasteiger partial charge < -0.3 is 29.1 Å². The first-order valence-corrected chi connectivity index (χ1v) is 15.5. The minimum absolute atomic E-state index is 0.176. The SMILES string of the molecule is CC(Oc1cc(-c2ccc(N3CCN(C(=O)O)CC3)nc2)cnc1N(C(=O)OC(C)(C)C)C(=O)OC(C)(C)C)c1c(F)ccc(F)c1Cl. The second kappa shape index (κ2) is 14.2. The molecule has 1 N–H and O–H groups in total. The number of imide groups is 1. The normalized spacial score (nSPS) is 14.3. The monoisotopic (exact) mass is 689 g/mol. The quantitative estimate of drug-likeness (QED) is 0.257. The Morgan fingerprint density at radius 1 is 0.875 bits per heavy atom. The van der Waals surface area contributed by atoms with Crippen LogP contribution in [0.1, 0.15) is 60.1 Å². The lowest BCUT2D eigenvalue weighted by molar-refractivity contribution is 0.0426. The van der Waals surface area contributed by atoms with Crippen LogP contribution < -0.4 is 14.5 Å². The van der Waals surface area contributed by atoms with E-state index in [1.54, 1.807) is 59.9 Å². The first-order valence-electron chi connectivity index (χ1n) is 15.1. The van der Waals surface area contributed by atoms with Gasteiger partial charge in [0, 0.05) is 55.3 Å². The first-order chi connectivity index (χ1) is 22.3. The van der Waals surface area contributed by atoms with Crippen molar-refractivity contribution >= 4 is 41.5 Å². The molecule has 258 valence electrons. The standard InChI is InChI=1S/C33H38ClF2N5O7/c1-19(26-22(35)9-10-23(36)27(26)34)46-24-16-21(20-8-11-25(37-17-20)39-12-14-40(15-13-39)29(42)43)18-38-28(24)41(30(44)47-32(2,3)4)31(45)48-33(5,6)7/h8-11,16-19H,12-15H2,1-7H3,(H,42,43). The number of carboxylic acid groups (broad SMARTS) is 1. The molecule has 15 heteroatoms. The van der Waals surface area contributed by atoms with Crippen molar-refractivity contribution in [3.63, 3.8) is 0 Å². The van der Waals surface area contributed by atoms with Crippen LogP contribution in [0.15, 0.2) is 42.7 Å². The summed E-state index contributed by atoms with van der Waals surface area (Å²) in [6.45, 7) is 12.7. The largest absolute Gasteiger partial charge is 0.482 e. The van der Waals surface area contributed by atoms with Crippen LogP contribution in [0, 0.1) is 11.6 Å². The van der Waals surface area contributed by atoms with Crippen LogP contribution >= 0.6 is 11.6 Å². The van der Waals surface area contributed by atoms with E-state index < -0.39 is 52.2 Å². The maximum atomic E-state index is 14.9. The molecule has 3 aromatic rings. The summed E-state index contributed by atoms with van der Waals surface area (Å²) in [5, 5.41) is 8.74. The van der Waals surface area contributed by atoms with Crippen molar-refractivity contribution in [2.75, 3.05) is 36.0 Å². The number of aromatic nitrogens is 2. The first kappa shape index (κ1) is 36.1. The van der Waals surface area contributed by atoms with Crippen LogP contribution in [0.2, 0.25) is 5.02 Å². The molecule has 0 aliphatic carbocycles. The Hall–Kier alpha value is -4.72. The van der Waals surface area contributed by atoms with Gasteiger partial charge in [0.25, 0.3) is 0 Å². The van der Waals surface area contributed by atoms with Crippen molar-refractivity contribution in [3.8, 4) is 16.9 Å². The van der Waals surface area contributed by atoms with Crippen molar-refractivity contribution in [3.05, 3.63) is 64.9 Å². The van der Waals surface area contributed by atoms with Crippen molar-refractivity contribution < 1.29 is 42.5 Å². The molecule has 0 bridgehead atoms. The van der Waals surface area contributed by atoms with E-state index in [0.29, 0.717) is 48.0 Å². The van der Waals surface area contributed by atoms with Crippen LogP contribution in [0.5, 0.6) is 5.75 Å². The van der Waals surface area contributed by atoms with Crippen LogP contribution in [-0.4, -0.2) is 75.6 Å². The van der Waals surface area contributed by atoms with E-state index in [4.69, 9.17) is 25.8 Å². The van der Waals surface area contributed by atoms with Gasteiger partial charge in [-0.15, -0.1) is 0 Å². The zero-order chi connectivity index (χ0) is 35.6. The Morgan fingerprint density at radius 3 is 1.96 bits per heavy atom. The van der Waals surface area contributed by atoms with Crippen LogP contribution in [-0.2, 0) is 9.47 Å². The van der Waals surface area contributed by atoms with Crippen LogP contribution in [0.3, 0.4) is 0 Å². The molecular formula is C33H38ClF2N5O7. The Balaban J connectivity index is 1.77. The molecule has 12 nitrogen and oxygen atoms in total. The molecule has 0 spiro atoms. The van der Waals surface area contributed by atoms with Gasteiger partial charge in [0.2, 0.25) is 0 Å². The summed E-state index contributed by atoms with van der Waals surface area (Å²) < 4.78 is 46.4. The molecule has 3 heterocycles. The van der Waals surface area contributed by atoms with Crippen LogP contribution in [0.25, 0.3) is 11.1 Å². The van der Waals surface area contributed by atoms with Crippen molar-refractivity contribution in [2.45, 2.75) is 65.8 Å². The number of hydrogen-bond donors (Lipinski definition) is 1. The Labute approximate surface area is 282 Å². The van der Waals surface area contributed by atoms with Gasteiger partial charge in [-0.05, 0) is 78.8 Å². The molecule has 1 atom stereocenters. The highest BCUT2D eigenvalue weighted by Gasteiger charge is 2.36. The highest BCUT2D eigenvalue weighted by molar-refractivity contribution is 6.31. The highest BCUT2D eigenvalue weighted by atomic mass is 35.5. The summed E-state index contributed by atoms with van der Waals surface area (Å²) >= 11 is 6.12. The molecule has 1 saturated heterocycles. The van der Waals surface area contributed by atoms with Crippen LogP contribution in [0.4, 0.5) is 34.8 Å². The topological polar surface area (TPSA) is 135 Å². The number of nitrogens with zero attached hydrogens (tertiary/aromatic N) is 5. The van der Waals surface area contributed by atoms with E-state index in [1.165, 1.54) is 24.1 Å². The summed E-state index contributed by atoms with van der Waals surface area (Å²) in [6.07, 6.45) is -1.47. The maximum Gasteiger partial charge on any atom is 0.425 e. The van der Waals surface area contributed by atoms with E-state index >= 15 is 0 Å². The van der Waals surface area contributed by atoms with Gasteiger partial charge in [-0.25, -0.2) is 33.1 Å². The highest BCUT2D eigenvalue weighted by Crippen LogP contribution is 2.38. The number of pyridine rings is 2. The van der Waals surface area contributed by atoms with Gasteiger partial charge in [0.15, 0.2) is 11.6 Å². The minimum Gasteiger partial charge on any atom is -0.482 e. The molecule has 1 fully saturated rings. The summed E-state index contributed by atoms with van der Waals surface area (Å²) in [5.74, 6) is -1.57. The summed E-state index contributed by atoms with van der Waals surface area (Å²) in [6, 6.07) is 6.79.